The molecule has 0 saturated heterocycles. The van der Waals surface area contributed by atoms with Gasteiger partial charge < -0.3 is 0 Å². The van der Waals surface area contributed by atoms with E-state index in [1.807, 2.05) is 0 Å². The number of primary sulfonamides is 1. The van der Waals surface area contributed by atoms with Crippen LogP contribution in [0.2, 0.25) is 0 Å². The molecule has 0 bridgehead atoms. The largest absolute Gasteiger partial charge is 0.228 e. The number of nitrogens with two attached hydrogens (primary N) is 1. The van der Waals surface area contributed by atoms with Crippen LogP contribution in [0.25, 0.3) is 0 Å². The first-order valence-electron chi connectivity index (χ1n) is 3.18. The smallest absolute Gasteiger partial charge is 0.212 e. The van der Waals surface area contributed by atoms with Crippen molar-refractivity contribution in [2.45, 2.75) is 18.1 Å². The van der Waals surface area contributed by atoms with E-state index in [-0.39, 0.29) is 5.25 Å². The van der Waals surface area contributed by atoms with E-state index in [9.17, 15) is 8.42 Å². The van der Waals surface area contributed by atoms with Crippen LogP contribution in [0.3, 0.4) is 0 Å². The molecular weight excluding hydrogens is 150 g/mol. The van der Waals surface area contributed by atoms with Crippen molar-refractivity contribution in [3.05, 3.63) is 12.7 Å². The second-order valence-electron chi connectivity index (χ2n) is 2.68. The molecule has 0 radical (unpaired) electrons. The number of hydrogen-bond donors (Lipinski definition) is 1. The van der Waals surface area contributed by atoms with E-state index in [2.05, 4.69) is 6.58 Å². The molecule has 0 aliphatic heterocycles. The third-order valence-corrected chi connectivity index (χ3v) is 3.24. The van der Waals surface area contributed by atoms with Gasteiger partial charge in [0.25, 0.3) is 0 Å². The Hall–Kier alpha value is -0.350. The van der Waals surface area contributed by atoms with E-state index < -0.39 is 10.0 Å². The van der Waals surface area contributed by atoms with Gasteiger partial charge in [-0.1, -0.05) is 6.08 Å². The highest BCUT2D eigenvalue weighted by atomic mass is 32.2. The van der Waals surface area contributed by atoms with Crippen LogP contribution < -0.4 is 5.14 Å². The van der Waals surface area contributed by atoms with Crippen LogP contribution in [0, 0.1) is 5.92 Å². The standard InChI is InChI=1S/C6H11NO2S/c1-2-5-3-6(4-5)10(7,8)9/h2,5-6H,1,3-4H2,(H2,7,8,9)/t5-,6+. The Labute approximate surface area is 61.0 Å². The lowest BCUT2D eigenvalue weighted by molar-refractivity contribution is 0.383. The fourth-order valence-corrected chi connectivity index (χ4v) is 2.10. The lowest BCUT2D eigenvalue weighted by Gasteiger charge is -2.30. The fraction of sp³-hybridized carbons (Fsp3) is 0.667. The Balaban J connectivity index is 2.48. The zero-order valence-corrected chi connectivity index (χ0v) is 6.47. The molecule has 1 aliphatic carbocycles. The van der Waals surface area contributed by atoms with Gasteiger partial charge in [-0.3, -0.25) is 0 Å². The van der Waals surface area contributed by atoms with Gasteiger partial charge in [-0.15, -0.1) is 6.58 Å². The molecule has 0 atom stereocenters. The number of allylic oxidation sites excluding steroid dienone is 1. The van der Waals surface area contributed by atoms with E-state index >= 15 is 0 Å². The Morgan fingerprint density at radius 3 is 2.30 bits per heavy atom. The molecule has 0 spiro atoms. The van der Waals surface area contributed by atoms with E-state index in [1.165, 1.54) is 0 Å². The monoisotopic (exact) mass is 161 g/mol. The highest BCUT2D eigenvalue weighted by molar-refractivity contribution is 7.89. The van der Waals surface area contributed by atoms with Crippen molar-refractivity contribution < 1.29 is 8.42 Å². The first kappa shape index (κ1) is 7.75. The summed E-state index contributed by atoms with van der Waals surface area (Å²) in [5, 5.41) is 4.59. The topological polar surface area (TPSA) is 60.2 Å². The van der Waals surface area contributed by atoms with Crippen molar-refractivity contribution in [1.29, 1.82) is 0 Å². The van der Waals surface area contributed by atoms with Crippen molar-refractivity contribution in [3.8, 4) is 0 Å². The average molecular weight is 161 g/mol. The summed E-state index contributed by atoms with van der Waals surface area (Å²) in [6, 6.07) is 0. The van der Waals surface area contributed by atoms with Gasteiger partial charge in [0.1, 0.15) is 0 Å². The van der Waals surface area contributed by atoms with Crippen LogP contribution in [0.4, 0.5) is 0 Å². The Bertz CT molecular complexity index is 226. The second-order valence-corrected chi connectivity index (χ2v) is 4.52. The predicted octanol–water partition coefficient (Wildman–Crippen LogP) is 0.239. The molecule has 0 aromatic rings. The molecule has 1 saturated carbocycles. The summed E-state index contributed by atoms with van der Waals surface area (Å²) in [7, 11) is -3.26. The normalized spacial score (nSPS) is 32.9. The molecule has 1 aliphatic rings. The number of sulfonamides is 1. The predicted molar refractivity (Wildman–Crippen MR) is 39.8 cm³/mol. The Morgan fingerprint density at radius 2 is 2.00 bits per heavy atom. The maximum atomic E-state index is 10.6. The van der Waals surface area contributed by atoms with Crippen LogP contribution in [0.1, 0.15) is 12.8 Å². The van der Waals surface area contributed by atoms with Crippen molar-refractivity contribution >= 4 is 10.0 Å². The van der Waals surface area contributed by atoms with Crippen molar-refractivity contribution in [1.82, 2.24) is 0 Å². The van der Waals surface area contributed by atoms with Gasteiger partial charge in [0.15, 0.2) is 0 Å². The minimum Gasteiger partial charge on any atom is -0.228 e. The lowest BCUT2D eigenvalue weighted by Crippen LogP contribution is -2.39. The lowest BCUT2D eigenvalue weighted by atomic mass is 9.85. The van der Waals surface area contributed by atoms with E-state index in [4.69, 9.17) is 5.14 Å². The van der Waals surface area contributed by atoms with Crippen molar-refractivity contribution in [2.24, 2.45) is 11.1 Å². The molecule has 0 amide bonds. The summed E-state index contributed by atoms with van der Waals surface area (Å²) < 4.78 is 21.2. The second kappa shape index (κ2) is 2.36. The minimum atomic E-state index is -3.26. The highest BCUT2D eigenvalue weighted by Crippen LogP contribution is 2.31. The molecule has 0 heterocycles. The number of hydrogen-bond acceptors (Lipinski definition) is 2. The summed E-state index contributed by atoms with van der Waals surface area (Å²) in [6.45, 7) is 3.56. The summed E-state index contributed by atoms with van der Waals surface area (Å²) in [5.74, 6) is 0.364. The first-order valence-corrected chi connectivity index (χ1v) is 4.79. The minimum absolute atomic E-state index is 0.310. The van der Waals surface area contributed by atoms with Crippen molar-refractivity contribution in [2.75, 3.05) is 0 Å². The van der Waals surface area contributed by atoms with Gasteiger partial charge in [-0.05, 0) is 18.8 Å². The maximum absolute atomic E-state index is 10.6. The van der Waals surface area contributed by atoms with Gasteiger partial charge in [-0.25, -0.2) is 13.6 Å². The summed E-state index contributed by atoms with van der Waals surface area (Å²) in [4.78, 5) is 0. The highest BCUT2D eigenvalue weighted by Gasteiger charge is 2.34. The van der Waals surface area contributed by atoms with E-state index in [0.29, 0.717) is 18.8 Å². The van der Waals surface area contributed by atoms with Crippen LogP contribution in [-0.4, -0.2) is 13.7 Å². The van der Waals surface area contributed by atoms with Gasteiger partial charge in [0.05, 0.1) is 5.25 Å². The molecule has 58 valence electrons. The molecule has 3 nitrogen and oxygen atoms in total. The Kier molecular flexibility index (Phi) is 1.83. The SMILES string of the molecule is C=C[C@H]1C[C@@H](S(N)(=O)=O)C1. The molecule has 0 aromatic heterocycles. The van der Waals surface area contributed by atoms with Gasteiger partial charge >= 0.3 is 0 Å². The molecule has 10 heavy (non-hydrogen) atoms. The molecule has 0 unspecified atom stereocenters. The maximum Gasteiger partial charge on any atom is 0.212 e. The number of rotatable bonds is 2. The van der Waals surface area contributed by atoms with Crippen LogP contribution >= 0.6 is 0 Å². The zero-order chi connectivity index (χ0) is 7.78. The summed E-state index contributed by atoms with van der Waals surface area (Å²) in [5.41, 5.74) is 0. The van der Waals surface area contributed by atoms with Gasteiger partial charge in [0, 0.05) is 0 Å². The van der Waals surface area contributed by atoms with Gasteiger partial charge in [-0.2, -0.15) is 0 Å². The first-order chi connectivity index (χ1) is 4.54. The van der Waals surface area contributed by atoms with Gasteiger partial charge in [0.2, 0.25) is 10.0 Å². The molecule has 1 rings (SSSR count). The van der Waals surface area contributed by atoms with E-state index in [1.54, 1.807) is 6.08 Å². The third kappa shape index (κ3) is 1.38. The average Bonchev–Trinajstić information content (AvgIpc) is 1.57. The molecule has 4 heteroatoms. The van der Waals surface area contributed by atoms with Crippen LogP contribution in [-0.2, 0) is 10.0 Å². The van der Waals surface area contributed by atoms with E-state index in [0.717, 1.165) is 0 Å². The third-order valence-electron chi connectivity index (χ3n) is 1.93. The summed E-state index contributed by atoms with van der Waals surface area (Å²) in [6.07, 6.45) is 3.09. The molecule has 2 N–H and O–H groups in total. The zero-order valence-electron chi connectivity index (χ0n) is 5.66. The summed E-state index contributed by atoms with van der Waals surface area (Å²) >= 11 is 0. The Morgan fingerprint density at radius 1 is 1.50 bits per heavy atom. The van der Waals surface area contributed by atoms with Crippen LogP contribution in [0.5, 0.6) is 0 Å². The molecule has 0 aromatic carbocycles. The fourth-order valence-electron chi connectivity index (χ4n) is 1.07. The quantitative estimate of drug-likeness (QED) is 0.590. The van der Waals surface area contributed by atoms with Crippen molar-refractivity contribution in [3.63, 3.8) is 0 Å². The van der Waals surface area contributed by atoms with Crippen LogP contribution in [0.15, 0.2) is 12.7 Å². The molecule has 1 fully saturated rings. The molecular formula is C6H11NO2S.